The number of anilines is 1. The number of rotatable bonds is 9. The fraction of sp³-hybridized carbons (Fsp3) is 0.296. The molecule has 6 nitrogen and oxygen atoms in total. The lowest BCUT2D eigenvalue weighted by atomic mass is 10.0. The van der Waals surface area contributed by atoms with Crippen molar-refractivity contribution in [3.05, 3.63) is 89.0 Å². The van der Waals surface area contributed by atoms with Gasteiger partial charge >= 0.3 is 0 Å². The van der Waals surface area contributed by atoms with Gasteiger partial charge in [-0.3, -0.25) is 4.79 Å². The summed E-state index contributed by atoms with van der Waals surface area (Å²) in [5.74, 6) is -0.0747. The Kier molecular flexibility index (Phi) is 8.12. The van der Waals surface area contributed by atoms with Crippen LogP contribution in [0.5, 0.6) is 5.75 Å². The molecule has 0 aromatic heterocycles. The van der Waals surface area contributed by atoms with Crippen LogP contribution in [0, 0.1) is 13.8 Å². The number of aryl methyl sites for hydroxylation is 2. The van der Waals surface area contributed by atoms with Gasteiger partial charge in [-0.25, -0.2) is 8.42 Å². The zero-order valence-corrected chi connectivity index (χ0v) is 21.1. The molecule has 7 heteroatoms. The number of benzene rings is 3. The molecule has 0 radical (unpaired) electrons. The van der Waals surface area contributed by atoms with E-state index in [2.05, 4.69) is 10.0 Å². The van der Waals surface area contributed by atoms with E-state index in [0.717, 1.165) is 22.3 Å². The Morgan fingerprint density at radius 2 is 1.59 bits per heavy atom. The Labute approximate surface area is 202 Å². The lowest BCUT2D eigenvalue weighted by Crippen LogP contribution is -2.45. The smallest absolute Gasteiger partial charge is 0.245 e. The molecule has 3 rings (SSSR count). The largest absolute Gasteiger partial charge is 0.495 e. The molecule has 2 N–H and O–H groups in total. The molecular formula is C27H32N2O4S. The Morgan fingerprint density at radius 3 is 2.18 bits per heavy atom. The summed E-state index contributed by atoms with van der Waals surface area (Å²) in [6.45, 7) is 7.86. The summed E-state index contributed by atoms with van der Waals surface area (Å²) in [7, 11) is -2.64. The summed E-state index contributed by atoms with van der Waals surface area (Å²) >= 11 is 0. The van der Waals surface area contributed by atoms with Crippen LogP contribution in [-0.2, 0) is 21.2 Å². The average Bonchev–Trinajstić information content (AvgIpc) is 2.78. The van der Waals surface area contributed by atoms with Crippen LogP contribution >= 0.6 is 0 Å². The van der Waals surface area contributed by atoms with Crippen molar-refractivity contribution in [3.63, 3.8) is 0 Å². The zero-order valence-electron chi connectivity index (χ0n) is 20.3. The van der Waals surface area contributed by atoms with Crippen LogP contribution in [0.3, 0.4) is 0 Å². The molecule has 34 heavy (non-hydrogen) atoms. The van der Waals surface area contributed by atoms with Gasteiger partial charge in [-0.15, -0.1) is 0 Å². The first kappa shape index (κ1) is 25.5. The molecular weight excluding hydrogens is 448 g/mol. The van der Waals surface area contributed by atoms with E-state index in [1.807, 2.05) is 82.3 Å². The van der Waals surface area contributed by atoms with E-state index in [9.17, 15) is 13.2 Å². The van der Waals surface area contributed by atoms with Gasteiger partial charge in [0.1, 0.15) is 16.7 Å². The standard InChI is InChI=1S/C27H32N2O4S/c1-18(2)22-11-12-25(33-5)26(17-22)34(31,32)29-24(16-21-9-7-6-8-10-21)27(30)28-23-14-19(3)13-20(4)15-23/h6-15,17-18,24,29H,16H2,1-5H3,(H,28,30). The molecule has 3 aromatic carbocycles. The maximum absolute atomic E-state index is 13.5. The molecule has 0 aliphatic rings. The normalized spacial score (nSPS) is 12.4. The summed E-state index contributed by atoms with van der Waals surface area (Å²) in [5.41, 5.74) is 4.34. The molecule has 0 fully saturated rings. The van der Waals surface area contributed by atoms with Crippen LogP contribution in [0.4, 0.5) is 5.69 Å². The molecule has 3 aromatic rings. The second kappa shape index (κ2) is 10.8. The van der Waals surface area contributed by atoms with Gasteiger partial charge in [-0.1, -0.05) is 56.3 Å². The van der Waals surface area contributed by atoms with Crippen molar-refractivity contribution in [1.82, 2.24) is 4.72 Å². The first-order valence-electron chi connectivity index (χ1n) is 11.2. The fourth-order valence-electron chi connectivity index (χ4n) is 3.83. The highest BCUT2D eigenvalue weighted by Gasteiger charge is 2.29. The van der Waals surface area contributed by atoms with Gasteiger partial charge in [-0.2, -0.15) is 4.72 Å². The summed E-state index contributed by atoms with van der Waals surface area (Å²) in [6.07, 6.45) is 0.197. The van der Waals surface area contributed by atoms with Crippen LogP contribution < -0.4 is 14.8 Å². The zero-order chi connectivity index (χ0) is 24.9. The van der Waals surface area contributed by atoms with Gasteiger partial charge in [0.05, 0.1) is 7.11 Å². The third kappa shape index (κ3) is 6.46. The number of ether oxygens (including phenoxy) is 1. The quantitative estimate of drug-likeness (QED) is 0.453. The van der Waals surface area contributed by atoms with E-state index in [-0.39, 0.29) is 23.0 Å². The van der Waals surface area contributed by atoms with E-state index in [1.165, 1.54) is 7.11 Å². The van der Waals surface area contributed by atoms with Crippen molar-refractivity contribution in [2.24, 2.45) is 0 Å². The Hall–Kier alpha value is -3.16. The minimum Gasteiger partial charge on any atom is -0.495 e. The van der Waals surface area contributed by atoms with E-state index in [0.29, 0.717) is 5.69 Å². The van der Waals surface area contributed by atoms with Crippen LogP contribution in [0.1, 0.15) is 42.0 Å². The second-order valence-electron chi connectivity index (χ2n) is 8.79. The lowest BCUT2D eigenvalue weighted by molar-refractivity contribution is -0.117. The number of carbonyl (C=O) groups excluding carboxylic acids is 1. The summed E-state index contributed by atoms with van der Waals surface area (Å²) in [6, 6.07) is 19.1. The summed E-state index contributed by atoms with van der Waals surface area (Å²) < 4.78 is 34.9. The molecule has 1 amide bonds. The molecule has 180 valence electrons. The Bertz CT molecular complexity index is 1230. The van der Waals surface area contributed by atoms with Crippen LogP contribution in [-0.4, -0.2) is 27.5 Å². The predicted molar refractivity (Wildman–Crippen MR) is 136 cm³/mol. The monoisotopic (exact) mass is 480 g/mol. The molecule has 0 spiro atoms. The van der Waals surface area contributed by atoms with Crippen molar-refractivity contribution in [2.75, 3.05) is 12.4 Å². The molecule has 1 unspecified atom stereocenters. The van der Waals surface area contributed by atoms with Gasteiger partial charge < -0.3 is 10.1 Å². The van der Waals surface area contributed by atoms with Crippen LogP contribution in [0.2, 0.25) is 0 Å². The molecule has 0 heterocycles. The number of nitrogens with one attached hydrogen (secondary N) is 2. The van der Waals surface area contributed by atoms with Crippen LogP contribution in [0.25, 0.3) is 0 Å². The van der Waals surface area contributed by atoms with E-state index >= 15 is 0 Å². The predicted octanol–water partition coefficient (Wildman–Crippen LogP) is 4.96. The molecule has 0 saturated heterocycles. The maximum atomic E-state index is 13.5. The highest BCUT2D eigenvalue weighted by molar-refractivity contribution is 7.89. The number of methoxy groups -OCH3 is 1. The van der Waals surface area contributed by atoms with Crippen LogP contribution in [0.15, 0.2) is 71.6 Å². The number of sulfonamides is 1. The first-order valence-corrected chi connectivity index (χ1v) is 12.7. The molecule has 0 aliphatic carbocycles. The van der Waals surface area contributed by atoms with Crippen molar-refractivity contribution in [3.8, 4) is 5.75 Å². The molecule has 1 atom stereocenters. The average molecular weight is 481 g/mol. The topological polar surface area (TPSA) is 84.5 Å². The highest BCUT2D eigenvalue weighted by atomic mass is 32.2. The third-order valence-electron chi connectivity index (χ3n) is 5.53. The van der Waals surface area contributed by atoms with Gasteiger partial charge in [0, 0.05) is 5.69 Å². The number of hydrogen-bond donors (Lipinski definition) is 2. The van der Waals surface area contributed by atoms with Gasteiger partial charge in [0.2, 0.25) is 15.9 Å². The van der Waals surface area contributed by atoms with E-state index < -0.39 is 22.0 Å². The molecule has 0 aliphatic heterocycles. The van der Waals surface area contributed by atoms with Crippen molar-refractivity contribution >= 4 is 21.6 Å². The second-order valence-corrected chi connectivity index (χ2v) is 10.5. The molecule has 0 saturated carbocycles. The molecule has 0 bridgehead atoms. The van der Waals surface area contributed by atoms with Gasteiger partial charge in [-0.05, 0) is 72.7 Å². The number of hydrogen-bond acceptors (Lipinski definition) is 4. The van der Waals surface area contributed by atoms with Crippen molar-refractivity contribution in [2.45, 2.75) is 51.0 Å². The van der Waals surface area contributed by atoms with Crippen molar-refractivity contribution in [1.29, 1.82) is 0 Å². The number of amides is 1. The third-order valence-corrected chi connectivity index (χ3v) is 7.02. The van der Waals surface area contributed by atoms with E-state index in [4.69, 9.17) is 4.74 Å². The van der Waals surface area contributed by atoms with Gasteiger partial charge in [0.15, 0.2) is 0 Å². The van der Waals surface area contributed by atoms with Gasteiger partial charge in [0.25, 0.3) is 0 Å². The SMILES string of the molecule is COc1ccc(C(C)C)cc1S(=O)(=O)NC(Cc1ccccc1)C(=O)Nc1cc(C)cc(C)c1. The first-order chi connectivity index (χ1) is 16.1. The minimum atomic E-state index is -4.07. The summed E-state index contributed by atoms with van der Waals surface area (Å²) in [4.78, 5) is 13.3. The maximum Gasteiger partial charge on any atom is 0.245 e. The number of carbonyl (C=O) groups is 1. The summed E-state index contributed by atoms with van der Waals surface area (Å²) in [5, 5.41) is 2.88. The lowest BCUT2D eigenvalue weighted by Gasteiger charge is -2.20. The highest BCUT2D eigenvalue weighted by Crippen LogP contribution is 2.28. The Morgan fingerprint density at radius 1 is 0.941 bits per heavy atom. The minimum absolute atomic E-state index is 0.0125. The van der Waals surface area contributed by atoms with Crippen molar-refractivity contribution < 1.29 is 17.9 Å². The fourth-order valence-corrected chi connectivity index (χ4v) is 5.23. The van der Waals surface area contributed by atoms with E-state index in [1.54, 1.807) is 12.1 Å². The Balaban J connectivity index is 1.96.